The van der Waals surface area contributed by atoms with Gasteiger partial charge in [-0.3, -0.25) is 9.53 Å². The van der Waals surface area contributed by atoms with Crippen molar-refractivity contribution in [3.63, 3.8) is 0 Å². The molecule has 0 unspecified atom stereocenters. The van der Waals surface area contributed by atoms with Crippen LogP contribution >= 0.6 is 0 Å². The van der Waals surface area contributed by atoms with Crippen molar-refractivity contribution in [1.29, 1.82) is 0 Å². The first-order chi connectivity index (χ1) is 15.4. The van der Waals surface area contributed by atoms with E-state index in [1.165, 1.54) is 0 Å². The topological polar surface area (TPSA) is 79.9 Å². The molecule has 0 saturated carbocycles. The molecule has 160 valence electrons. The molecular weight excluding hydrogens is 429 g/mol. The Morgan fingerprint density at radius 3 is 2.30 bits per heavy atom. The van der Waals surface area contributed by atoms with Crippen molar-refractivity contribution in [2.45, 2.75) is 27.0 Å². The zero-order valence-electron chi connectivity index (χ0n) is 18.7. The molecule has 0 aliphatic heterocycles. The van der Waals surface area contributed by atoms with E-state index in [9.17, 15) is 9.59 Å². The summed E-state index contributed by atoms with van der Waals surface area (Å²) >= 11 is 0. The summed E-state index contributed by atoms with van der Waals surface area (Å²) in [6.07, 6.45) is 0. The third-order valence-corrected chi connectivity index (χ3v) is 5.11. The minimum Gasteiger partial charge on any atom is -0.489 e. The molecule has 7 nitrogen and oxygen atoms in total. The van der Waals surface area contributed by atoms with Crippen molar-refractivity contribution in [1.82, 2.24) is 9.72 Å². The van der Waals surface area contributed by atoms with Crippen LogP contribution in [0, 0.1) is 20.4 Å². The van der Waals surface area contributed by atoms with Crippen molar-refractivity contribution in [2.75, 3.05) is 0 Å². The quantitative estimate of drug-likeness (QED) is 0.327. The van der Waals surface area contributed by atoms with Crippen molar-refractivity contribution in [2.24, 2.45) is 0 Å². The summed E-state index contributed by atoms with van der Waals surface area (Å²) in [5, 5.41) is 0. The predicted octanol–water partition coefficient (Wildman–Crippen LogP) is 1.22. The number of aromatic nitrogens is 2. The van der Waals surface area contributed by atoms with Crippen LogP contribution in [0.5, 0.6) is 5.75 Å². The Hall–Kier alpha value is -3.31. The molecule has 0 aliphatic rings. The third-order valence-electron chi connectivity index (χ3n) is 5.11. The van der Waals surface area contributed by atoms with Gasteiger partial charge in [0.15, 0.2) is 11.4 Å². The van der Waals surface area contributed by atoms with E-state index >= 15 is 0 Å². The van der Waals surface area contributed by atoms with Gasteiger partial charge in [-0.15, -0.1) is 0 Å². The van der Waals surface area contributed by atoms with Gasteiger partial charge in [0.05, 0.1) is 6.57 Å². The molecule has 0 radical (unpaired) electrons. The number of benzene rings is 3. The zero-order valence-corrected chi connectivity index (χ0v) is 20.7. The monoisotopic (exact) mass is 449 g/mol. The Morgan fingerprint density at radius 1 is 1.00 bits per heavy atom. The Labute approximate surface area is 212 Å². The van der Waals surface area contributed by atoms with Gasteiger partial charge >= 0.3 is 35.3 Å². The second kappa shape index (κ2) is 10.5. The molecule has 8 heteroatoms. The Bertz CT molecular complexity index is 1400. The first kappa shape index (κ1) is 24.3. The minimum absolute atomic E-state index is 0. The standard InChI is InChI=1S/C25H21N3O4.Na/c1-16-11-21(26-3)12-17(2)23(16)20-6-4-5-19(13-20)15-31-22-9-7-18(8-10-22)14-28-24(29)27-25(30)32-28;/h4-13H,14-15H2,1-2H3,(H,27,29,30);/q;+1/p-1. The first-order valence-electron chi connectivity index (χ1n) is 9.98. The third kappa shape index (κ3) is 5.74. The van der Waals surface area contributed by atoms with Gasteiger partial charge in [-0.25, -0.2) is 9.64 Å². The van der Waals surface area contributed by atoms with Crippen LogP contribution in [-0.4, -0.2) is 4.74 Å². The number of hydrogen-bond donors (Lipinski definition) is 0. The number of nitrogens with zero attached hydrogens (tertiary/aromatic N) is 3. The predicted molar refractivity (Wildman–Crippen MR) is 120 cm³/mol. The van der Waals surface area contributed by atoms with Crippen molar-refractivity contribution >= 4 is 5.69 Å². The van der Waals surface area contributed by atoms with Gasteiger partial charge in [0.25, 0.3) is 0 Å². The van der Waals surface area contributed by atoms with Gasteiger partial charge < -0.3 is 14.2 Å². The molecule has 0 atom stereocenters. The molecule has 0 N–H and O–H groups in total. The summed E-state index contributed by atoms with van der Waals surface area (Å²) in [5.74, 6) is -0.216. The van der Waals surface area contributed by atoms with Crippen LogP contribution in [0.2, 0.25) is 0 Å². The maximum atomic E-state index is 11.5. The van der Waals surface area contributed by atoms with Crippen LogP contribution in [0.3, 0.4) is 0 Å². The average molecular weight is 449 g/mol. The number of aryl methyl sites for hydroxylation is 2. The molecule has 0 fully saturated rings. The summed E-state index contributed by atoms with van der Waals surface area (Å²) in [6, 6.07) is 19.2. The van der Waals surface area contributed by atoms with Crippen LogP contribution in [0.4, 0.5) is 5.69 Å². The molecule has 33 heavy (non-hydrogen) atoms. The summed E-state index contributed by atoms with van der Waals surface area (Å²) in [4.78, 5) is 29.2. The van der Waals surface area contributed by atoms with E-state index in [1.807, 2.05) is 38.1 Å². The molecule has 0 bridgehead atoms. The second-order valence-electron chi connectivity index (χ2n) is 7.49. The van der Waals surface area contributed by atoms with E-state index < -0.39 is 11.4 Å². The van der Waals surface area contributed by atoms with E-state index in [0.717, 1.165) is 38.1 Å². The molecule has 3 aromatic carbocycles. The summed E-state index contributed by atoms with van der Waals surface area (Å²) in [7, 11) is 0. The van der Waals surface area contributed by atoms with Crippen molar-refractivity contribution in [3.05, 3.63) is 115 Å². The fourth-order valence-electron chi connectivity index (χ4n) is 3.69. The fourth-order valence-corrected chi connectivity index (χ4v) is 3.69. The zero-order chi connectivity index (χ0) is 22.7. The molecule has 0 spiro atoms. The number of rotatable bonds is 6. The Kier molecular flexibility index (Phi) is 7.77. The molecule has 1 heterocycles. The van der Waals surface area contributed by atoms with Crippen LogP contribution in [-0.2, 0) is 13.2 Å². The number of ether oxygens (including phenoxy) is 1. The van der Waals surface area contributed by atoms with E-state index in [1.54, 1.807) is 24.3 Å². The Balaban J connectivity index is 0.00000306. The largest absolute Gasteiger partial charge is 1.00 e. The maximum Gasteiger partial charge on any atom is 1.00 e. The fraction of sp³-hybridized carbons (Fsp3) is 0.160. The van der Waals surface area contributed by atoms with E-state index in [-0.39, 0.29) is 36.1 Å². The molecule has 0 saturated heterocycles. The van der Waals surface area contributed by atoms with Crippen LogP contribution in [0.25, 0.3) is 16.0 Å². The maximum absolute atomic E-state index is 11.5. The molecular formula is C25H20N3NaO4. The van der Waals surface area contributed by atoms with Gasteiger partial charge in [0, 0.05) is 6.54 Å². The molecule has 4 rings (SSSR count). The molecule has 0 aliphatic carbocycles. The average Bonchev–Trinajstić information content (AvgIpc) is 3.09. The SMILES string of the molecule is [C-]#[N+]c1cc(C)c(-c2cccc(COc3ccc(Cn4oc(=O)[n-]c4=O)cc3)c2)c(C)c1.[Na+]. The van der Waals surface area contributed by atoms with Crippen molar-refractivity contribution in [3.8, 4) is 16.9 Å². The van der Waals surface area contributed by atoms with Crippen LogP contribution in [0.15, 0.2) is 74.8 Å². The van der Waals surface area contributed by atoms with Gasteiger partial charge in [-0.05, 0) is 54.3 Å². The van der Waals surface area contributed by atoms with Gasteiger partial charge in [0.1, 0.15) is 12.4 Å². The summed E-state index contributed by atoms with van der Waals surface area (Å²) in [6.45, 7) is 11.8. The minimum atomic E-state index is -0.898. The molecule has 1 aromatic heterocycles. The van der Waals surface area contributed by atoms with Crippen molar-refractivity contribution < 1.29 is 38.8 Å². The van der Waals surface area contributed by atoms with Gasteiger partial charge in [-0.2, -0.15) is 0 Å². The normalized spacial score (nSPS) is 10.3. The Morgan fingerprint density at radius 2 is 1.70 bits per heavy atom. The van der Waals surface area contributed by atoms with Gasteiger partial charge in [-0.1, -0.05) is 53.6 Å². The number of hydrogen-bond acceptors (Lipinski definition) is 4. The van der Waals surface area contributed by atoms with E-state index in [0.29, 0.717) is 18.0 Å². The van der Waals surface area contributed by atoms with Crippen LogP contribution < -0.4 is 50.7 Å². The van der Waals surface area contributed by atoms with E-state index in [2.05, 4.69) is 22.0 Å². The van der Waals surface area contributed by atoms with Gasteiger partial charge in [0.2, 0.25) is 0 Å². The molecule has 0 amide bonds. The second-order valence-corrected chi connectivity index (χ2v) is 7.49. The smallest absolute Gasteiger partial charge is 0.489 e. The van der Waals surface area contributed by atoms with Crippen LogP contribution in [0.1, 0.15) is 22.3 Å². The summed E-state index contributed by atoms with van der Waals surface area (Å²) in [5.41, 5.74) is 6.11. The summed E-state index contributed by atoms with van der Waals surface area (Å²) < 4.78 is 11.6. The molecule has 4 aromatic rings. The van der Waals surface area contributed by atoms with E-state index in [4.69, 9.17) is 15.8 Å². The first-order valence-corrected chi connectivity index (χ1v) is 9.98.